The summed E-state index contributed by atoms with van der Waals surface area (Å²) < 4.78 is 4.61. The Hall–Kier alpha value is -1.75. The lowest BCUT2D eigenvalue weighted by Gasteiger charge is -2.39. The number of carboxylic acid groups (broad SMARTS) is 3. The van der Waals surface area contributed by atoms with Crippen LogP contribution in [0.4, 0.5) is 0 Å². The number of aliphatic carboxylic acids is 3. The van der Waals surface area contributed by atoms with Crippen LogP contribution in [0.2, 0.25) is 0 Å². The van der Waals surface area contributed by atoms with Crippen molar-refractivity contribution in [2.45, 2.75) is 42.9 Å². The molecule has 0 amide bonds. The van der Waals surface area contributed by atoms with E-state index in [1.165, 1.54) is 0 Å². The van der Waals surface area contributed by atoms with Crippen molar-refractivity contribution in [1.82, 2.24) is 0 Å². The van der Waals surface area contributed by atoms with Crippen molar-refractivity contribution in [3.8, 4) is 0 Å². The summed E-state index contributed by atoms with van der Waals surface area (Å²) in [5.41, 5.74) is -2.44. The second-order valence-corrected chi connectivity index (χ2v) is 4.53. The van der Waals surface area contributed by atoms with E-state index in [4.69, 9.17) is 15.3 Å². The van der Waals surface area contributed by atoms with Gasteiger partial charge in [0.2, 0.25) is 0 Å². The van der Waals surface area contributed by atoms with Crippen LogP contribution in [0.1, 0.15) is 12.8 Å². The zero-order chi connectivity index (χ0) is 15.7. The molecule has 1 aliphatic carbocycles. The maximum atomic E-state index is 10.9. The van der Waals surface area contributed by atoms with Crippen molar-refractivity contribution in [2.75, 3.05) is 0 Å². The van der Waals surface area contributed by atoms with Crippen molar-refractivity contribution in [3.63, 3.8) is 0 Å². The maximum Gasteiger partial charge on any atom is 0.344 e. The van der Waals surface area contributed by atoms with Gasteiger partial charge in [0.15, 0.2) is 5.60 Å². The zero-order valence-corrected chi connectivity index (χ0v) is 10.0. The molecule has 1 rings (SSSR count). The molecule has 0 radical (unpaired) electrons. The molecular formula is C10H14O10. The van der Waals surface area contributed by atoms with Crippen molar-refractivity contribution in [3.05, 3.63) is 0 Å². The number of carbonyl (C=O) groups is 3. The van der Waals surface area contributed by atoms with Gasteiger partial charge in [-0.2, -0.15) is 0 Å². The molecule has 0 bridgehead atoms. The summed E-state index contributed by atoms with van der Waals surface area (Å²) in [5.74, 6) is -5.41. The summed E-state index contributed by atoms with van der Waals surface area (Å²) in [6, 6.07) is 0. The first kappa shape index (κ1) is 16.3. The molecule has 0 heterocycles. The second kappa shape index (κ2) is 5.71. The third kappa shape index (κ3) is 3.22. The Balaban J connectivity index is 2.94. The molecule has 0 aliphatic heterocycles. The minimum atomic E-state index is -2.44. The standard InChI is InChI=1S/C10H14O10/c11-3-1-10(19,9(17)18)2-4(5(3)12)20-6(7(13)14)8(15)16/h3-6,11-12,19H,1-2H2,(H,13,14)(H,15,16)(H,17,18)/t3-,4+,5+,10-/m1/s1. The zero-order valence-electron chi connectivity index (χ0n) is 10.0. The van der Waals surface area contributed by atoms with Gasteiger partial charge in [-0.1, -0.05) is 0 Å². The maximum absolute atomic E-state index is 10.9. The van der Waals surface area contributed by atoms with E-state index in [-0.39, 0.29) is 0 Å². The molecule has 1 fully saturated rings. The lowest BCUT2D eigenvalue weighted by Crippen LogP contribution is -2.58. The number of carboxylic acids is 3. The van der Waals surface area contributed by atoms with Gasteiger partial charge in [0.05, 0.1) is 12.2 Å². The molecule has 0 aromatic carbocycles. The molecule has 0 saturated heterocycles. The monoisotopic (exact) mass is 294 g/mol. The molecule has 4 atom stereocenters. The van der Waals surface area contributed by atoms with E-state index in [1.54, 1.807) is 0 Å². The molecule has 1 aliphatic rings. The highest BCUT2D eigenvalue weighted by Gasteiger charge is 2.51. The predicted molar refractivity (Wildman–Crippen MR) is 57.8 cm³/mol. The first-order valence-corrected chi connectivity index (χ1v) is 5.51. The Morgan fingerprint density at radius 3 is 1.95 bits per heavy atom. The van der Waals surface area contributed by atoms with Crippen LogP contribution in [-0.2, 0) is 19.1 Å². The third-order valence-electron chi connectivity index (χ3n) is 3.02. The van der Waals surface area contributed by atoms with Crippen LogP contribution in [0.15, 0.2) is 0 Å². The summed E-state index contributed by atoms with van der Waals surface area (Å²) in [5, 5.41) is 54.9. The van der Waals surface area contributed by atoms with Crippen LogP contribution in [0.25, 0.3) is 0 Å². The van der Waals surface area contributed by atoms with E-state index >= 15 is 0 Å². The summed E-state index contributed by atoms with van der Waals surface area (Å²) in [6.07, 6.45) is -8.85. The lowest BCUT2D eigenvalue weighted by atomic mass is 9.79. The average molecular weight is 294 g/mol. The summed E-state index contributed by atoms with van der Waals surface area (Å²) >= 11 is 0. The molecule has 10 heteroatoms. The summed E-state index contributed by atoms with van der Waals surface area (Å²) in [4.78, 5) is 32.2. The normalized spacial score (nSPS) is 33.9. The molecular weight excluding hydrogens is 280 g/mol. The fourth-order valence-corrected chi connectivity index (χ4v) is 1.95. The number of ether oxygens (including phenoxy) is 1. The van der Waals surface area contributed by atoms with Gasteiger partial charge in [-0.15, -0.1) is 0 Å². The largest absolute Gasteiger partial charge is 0.479 e. The number of aliphatic hydroxyl groups is 3. The Labute approximate surface area is 111 Å². The molecule has 0 aromatic rings. The Morgan fingerprint density at radius 2 is 1.55 bits per heavy atom. The first-order valence-electron chi connectivity index (χ1n) is 5.51. The molecule has 20 heavy (non-hydrogen) atoms. The molecule has 10 nitrogen and oxygen atoms in total. The molecule has 0 aromatic heterocycles. The topological polar surface area (TPSA) is 182 Å². The number of hydrogen-bond donors (Lipinski definition) is 6. The fraction of sp³-hybridized carbons (Fsp3) is 0.700. The average Bonchev–Trinajstić information content (AvgIpc) is 2.30. The highest BCUT2D eigenvalue weighted by molar-refractivity contribution is 5.96. The smallest absolute Gasteiger partial charge is 0.344 e. The molecule has 0 unspecified atom stereocenters. The quantitative estimate of drug-likeness (QED) is 0.290. The highest BCUT2D eigenvalue weighted by atomic mass is 16.6. The third-order valence-corrected chi connectivity index (χ3v) is 3.02. The van der Waals surface area contributed by atoms with Gasteiger partial charge in [-0.05, 0) is 0 Å². The van der Waals surface area contributed by atoms with Crippen LogP contribution in [0.5, 0.6) is 0 Å². The van der Waals surface area contributed by atoms with E-state index in [0.717, 1.165) is 0 Å². The van der Waals surface area contributed by atoms with E-state index in [9.17, 15) is 29.7 Å². The summed E-state index contributed by atoms with van der Waals surface area (Å²) in [6.45, 7) is 0. The van der Waals surface area contributed by atoms with Gasteiger partial charge < -0.3 is 35.4 Å². The lowest BCUT2D eigenvalue weighted by molar-refractivity contribution is -0.208. The number of hydrogen-bond acceptors (Lipinski definition) is 7. The predicted octanol–water partition coefficient (Wildman–Crippen LogP) is -2.76. The number of aliphatic hydroxyl groups excluding tert-OH is 2. The molecule has 0 spiro atoms. The molecule has 114 valence electrons. The van der Waals surface area contributed by atoms with Crippen molar-refractivity contribution in [1.29, 1.82) is 0 Å². The summed E-state index contributed by atoms with van der Waals surface area (Å²) in [7, 11) is 0. The second-order valence-electron chi connectivity index (χ2n) is 4.53. The van der Waals surface area contributed by atoms with Gasteiger partial charge >= 0.3 is 17.9 Å². The van der Waals surface area contributed by atoms with E-state index in [1.807, 2.05) is 0 Å². The van der Waals surface area contributed by atoms with Crippen molar-refractivity contribution >= 4 is 17.9 Å². The van der Waals surface area contributed by atoms with E-state index in [2.05, 4.69) is 4.74 Å². The SMILES string of the molecule is O=C(O)C(O[C@H]1C[C@@](O)(C(=O)O)C[C@@H](O)[C@@H]1O)C(=O)O. The Kier molecular flexibility index (Phi) is 4.65. The van der Waals surface area contributed by atoms with E-state index < -0.39 is 60.8 Å². The number of rotatable bonds is 5. The van der Waals surface area contributed by atoms with Gasteiger partial charge in [0.25, 0.3) is 6.10 Å². The highest BCUT2D eigenvalue weighted by Crippen LogP contribution is 2.31. The van der Waals surface area contributed by atoms with Crippen molar-refractivity contribution in [2.24, 2.45) is 0 Å². The fourth-order valence-electron chi connectivity index (χ4n) is 1.95. The van der Waals surface area contributed by atoms with Crippen LogP contribution in [0.3, 0.4) is 0 Å². The molecule has 6 N–H and O–H groups in total. The van der Waals surface area contributed by atoms with Gasteiger partial charge in [-0.25, -0.2) is 14.4 Å². The minimum Gasteiger partial charge on any atom is -0.479 e. The van der Waals surface area contributed by atoms with Crippen LogP contribution >= 0.6 is 0 Å². The van der Waals surface area contributed by atoms with E-state index in [0.29, 0.717) is 0 Å². The molecule has 1 saturated carbocycles. The Morgan fingerprint density at radius 1 is 1.05 bits per heavy atom. The van der Waals surface area contributed by atoms with Gasteiger partial charge in [0, 0.05) is 12.8 Å². The van der Waals surface area contributed by atoms with Crippen LogP contribution in [0, 0.1) is 0 Å². The Bertz CT molecular complexity index is 406. The first-order chi connectivity index (χ1) is 9.08. The van der Waals surface area contributed by atoms with Crippen LogP contribution in [-0.4, -0.2) is 78.6 Å². The van der Waals surface area contributed by atoms with Gasteiger partial charge in [-0.3, -0.25) is 0 Å². The van der Waals surface area contributed by atoms with Crippen molar-refractivity contribution < 1.29 is 49.8 Å². The van der Waals surface area contributed by atoms with Gasteiger partial charge in [0.1, 0.15) is 6.10 Å². The minimum absolute atomic E-state index is 0.686. The van der Waals surface area contributed by atoms with Crippen LogP contribution < -0.4 is 0 Å².